The number of benzene rings is 1. The van der Waals surface area contributed by atoms with Gasteiger partial charge in [0.15, 0.2) is 9.84 Å². The molecule has 4 amide bonds. The maximum Gasteiger partial charge on any atom is 0.325 e. The molecule has 3 rings (SSSR count). The molecule has 0 radical (unpaired) electrons. The Bertz CT molecular complexity index is 1040. The molecule has 0 unspecified atom stereocenters. The summed E-state index contributed by atoms with van der Waals surface area (Å²) in [6.07, 6.45) is 0.374. The number of hydrogen-bond acceptors (Lipinski definition) is 5. The van der Waals surface area contributed by atoms with Gasteiger partial charge in [-0.25, -0.2) is 13.2 Å². The van der Waals surface area contributed by atoms with Crippen molar-refractivity contribution in [2.45, 2.75) is 65.0 Å². The zero-order valence-corrected chi connectivity index (χ0v) is 21.2. The number of nitrogens with one attached hydrogen (secondary N) is 1. The van der Waals surface area contributed by atoms with Crippen LogP contribution in [0.1, 0.15) is 59.1 Å². The molecule has 2 fully saturated rings. The Kier molecular flexibility index (Phi) is 6.68. The molecule has 9 heteroatoms. The van der Waals surface area contributed by atoms with E-state index in [1.54, 1.807) is 6.92 Å². The highest BCUT2D eigenvalue weighted by Crippen LogP contribution is 2.31. The van der Waals surface area contributed by atoms with Crippen molar-refractivity contribution in [3.05, 3.63) is 35.4 Å². The molecule has 33 heavy (non-hydrogen) atoms. The SMILES string of the molecule is CC(C)CN(C(=O)CN1C(=O)N[C@@](C)(c2ccc(C(C)(C)C)cc2)C1=O)[C@H]1CCS(=O)(=O)C1. The number of hydrogen-bond donors (Lipinski definition) is 1. The quantitative estimate of drug-likeness (QED) is 0.634. The van der Waals surface area contributed by atoms with E-state index in [1.807, 2.05) is 38.1 Å². The van der Waals surface area contributed by atoms with E-state index in [2.05, 4.69) is 26.1 Å². The summed E-state index contributed by atoms with van der Waals surface area (Å²) in [5, 5.41) is 2.74. The van der Waals surface area contributed by atoms with Crippen molar-refractivity contribution in [2.24, 2.45) is 5.92 Å². The van der Waals surface area contributed by atoms with Crippen LogP contribution in [0.3, 0.4) is 0 Å². The number of amides is 4. The lowest BCUT2D eigenvalue weighted by Gasteiger charge is -2.31. The minimum Gasteiger partial charge on any atom is -0.337 e. The van der Waals surface area contributed by atoms with E-state index in [0.717, 1.165) is 10.5 Å². The molecular weight excluding hydrogens is 442 g/mol. The summed E-state index contributed by atoms with van der Waals surface area (Å²) in [4.78, 5) is 41.7. The molecule has 0 spiro atoms. The number of rotatable bonds is 6. The van der Waals surface area contributed by atoms with Crippen LogP contribution in [0, 0.1) is 5.92 Å². The number of nitrogens with zero attached hydrogens (tertiary/aromatic N) is 2. The van der Waals surface area contributed by atoms with Crippen LogP contribution in [-0.4, -0.2) is 66.7 Å². The second kappa shape index (κ2) is 8.74. The zero-order valence-electron chi connectivity index (χ0n) is 20.3. The number of imide groups is 1. The van der Waals surface area contributed by atoms with Crippen LogP contribution in [-0.2, 0) is 30.4 Å². The molecule has 1 aromatic rings. The summed E-state index contributed by atoms with van der Waals surface area (Å²) in [6.45, 7) is 11.8. The first kappa shape index (κ1) is 25.2. The van der Waals surface area contributed by atoms with Gasteiger partial charge in [0, 0.05) is 12.6 Å². The summed E-state index contributed by atoms with van der Waals surface area (Å²) in [7, 11) is -3.18. The molecule has 2 atom stereocenters. The van der Waals surface area contributed by atoms with Crippen LogP contribution in [0.2, 0.25) is 0 Å². The fourth-order valence-electron chi connectivity index (χ4n) is 4.43. The zero-order chi connectivity index (χ0) is 24.8. The predicted octanol–water partition coefficient (Wildman–Crippen LogP) is 2.42. The third kappa shape index (κ3) is 5.23. The summed E-state index contributed by atoms with van der Waals surface area (Å²) < 4.78 is 23.9. The monoisotopic (exact) mass is 477 g/mol. The van der Waals surface area contributed by atoms with Gasteiger partial charge >= 0.3 is 6.03 Å². The highest BCUT2D eigenvalue weighted by molar-refractivity contribution is 7.91. The Balaban J connectivity index is 1.80. The minimum atomic E-state index is -3.18. The van der Waals surface area contributed by atoms with Crippen LogP contribution in [0.5, 0.6) is 0 Å². The van der Waals surface area contributed by atoms with E-state index < -0.39 is 45.8 Å². The van der Waals surface area contributed by atoms with Gasteiger partial charge in [-0.2, -0.15) is 0 Å². The molecule has 2 heterocycles. The van der Waals surface area contributed by atoms with E-state index in [0.29, 0.717) is 18.5 Å². The summed E-state index contributed by atoms with van der Waals surface area (Å²) in [5.74, 6) is -0.823. The molecule has 2 aliphatic heterocycles. The number of carbonyl (C=O) groups is 3. The average Bonchev–Trinajstić information content (AvgIpc) is 3.17. The van der Waals surface area contributed by atoms with E-state index in [4.69, 9.17) is 0 Å². The molecule has 0 aliphatic carbocycles. The average molecular weight is 478 g/mol. The Hall–Kier alpha value is -2.42. The van der Waals surface area contributed by atoms with Gasteiger partial charge in [0.1, 0.15) is 12.1 Å². The molecule has 1 aromatic carbocycles. The van der Waals surface area contributed by atoms with E-state index in [1.165, 1.54) is 4.90 Å². The van der Waals surface area contributed by atoms with Gasteiger partial charge in [-0.15, -0.1) is 0 Å². The number of carbonyl (C=O) groups excluding carboxylic acids is 3. The van der Waals surface area contributed by atoms with Gasteiger partial charge in [0.25, 0.3) is 5.91 Å². The standard InChI is InChI=1S/C24H35N3O5S/c1-16(2)13-26(19-11-12-33(31,32)15-19)20(28)14-27-21(29)24(6,25-22(27)30)18-9-7-17(8-10-18)23(3,4)5/h7-10,16,19H,11-15H2,1-6H3,(H,25,30)/t19-,24-/m0/s1. The van der Waals surface area contributed by atoms with Crippen LogP contribution in [0.25, 0.3) is 0 Å². The third-order valence-electron chi connectivity index (χ3n) is 6.43. The van der Waals surface area contributed by atoms with Gasteiger partial charge in [0.05, 0.1) is 11.5 Å². The van der Waals surface area contributed by atoms with Crippen molar-refractivity contribution in [3.63, 3.8) is 0 Å². The van der Waals surface area contributed by atoms with Crippen molar-refractivity contribution >= 4 is 27.7 Å². The van der Waals surface area contributed by atoms with Crippen molar-refractivity contribution in [3.8, 4) is 0 Å². The van der Waals surface area contributed by atoms with E-state index in [-0.39, 0.29) is 22.8 Å². The van der Waals surface area contributed by atoms with Crippen LogP contribution in [0.4, 0.5) is 4.79 Å². The maximum absolute atomic E-state index is 13.3. The molecule has 182 valence electrons. The maximum atomic E-state index is 13.3. The number of urea groups is 1. The summed E-state index contributed by atoms with van der Waals surface area (Å²) in [5.41, 5.74) is 0.432. The lowest BCUT2D eigenvalue weighted by Crippen LogP contribution is -2.49. The van der Waals surface area contributed by atoms with E-state index >= 15 is 0 Å². The third-order valence-corrected chi connectivity index (χ3v) is 8.18. The Morgan fingerprint density at radius 3 is 2.30 bits per heavy atom. The Labute approximate surface area is 196 Å². The second-order valence-electron chi connectivity index (χ2n) is 10.8. The topological polar surface area (TPSA) is 104 Å². The first-order valence-corrected chi connectivity index (χ1v) is 13.2. The lowest BCUT2D eigenvalue weighted by atomic mass is 9.84. The minimum absolute atomic E-state index is 0.0469. The highest BCUT2D eigenvalue weighted by atomic mass is 32.2. The van der Waals surface area contributed by atoms with Gasteiger partial charge in [-0.05, 0) is 35.8 Å². The first-order chi connectivity index (χ1) is 15.1. The largest absolute Gasteiger partial charge is 0.337 e. The van der Waals surface area contributed by atoms with Crippen molar-refractivity contribution in [1.82, 2.24) is 15.1 Å². The summed E-state index contributed by atoms with van der Waals surface area (Å²) >= 11 is 0. The van der Waals surface area contributed by atoms with Crippen molar-refractivity contribution < 1.29 is 22.8 Å². The molecular formula is C24H35N3O5S. The van der Waals surface area contributed by atoms with Crippen LogP contribution in [0.15, 0.2) is 24.3 Å². The van der Waals surface area contributed by atoms with Crippen molar-refractivity contribution in [2.75, 3.05) is 24.6 Å². The predicted molar refractivity (Wildman–Crippen MR) is 126 cm³/mol. The smallest absolute Gasteiger partial charge is 0.325 e. The molecule has 0 aromatic heterocycles. The molecule has 2 aliphatic rings. The fraction of sp³-hybridized carbons (Fsp3) is 0.625. The summed E-state index contributed by atoms with van der Waals surface area (Å²) in [6, 6.07) is 6.50. The van der Waals surface area contributed by atoms with Gasteiger partial charge in [-0.1, -0.05) is 58.9 Å². The van der Waals surface area contributed by atoms with Gasteiger partial charge in [-0.3, -0.25) is 14.5 Å². The van der Waals surface area contributed by atoms with Crippen LogP contribution < -0.4 is 5.32 Å². The van der Waals surface area contributed by atoms with Crippen LogP contribution >= 0.6 is 0 Å². The van der Waals surface area contributed by atoms with Gasteiger partial charge in [0.2, 0.25) is 5.91 Å². The molecule has 8 nitrogen and oxygen atoms in total. The van der Waals surface area contributed by atoms with E-state index in [9.17, 15) is 22.8 Å². The van der Waals surface area contributed by atoms with Crippen molar-refractivity contribution in [1.29, 1.82) is 0 Å². The normalized spacial score (nSPS) is 24.9. The Morgan fingerprint density at radius 2 is 1.82 bits per heavy atom. The number of sulfone groups is 1. The molecule has 2 saturated heterocycles. The molecule has 0 saturated carbocycles. The molecule has 0 bridgehead atoms. The Morgan fingerprint density at radius 1 is 1.21 bits per heavy atom. The first-order valence-electron chi connectivity index (χ1n) is 11.4. The lowest BCUT2D eigenvalue weighted by molar-refractivity contribution is -0.140. The molecule has 1 N–H and O–H groups in total. The highest BCUT2D eigenvalue weighted by Gasteiger charge is 2.50. The second-order valence-corrected chi connectivity index (χ2v) is 13.0. The van der Waals surface area contributed by atoms with Gasteiger partial charge < -0.3 is 10.2 Å². The fourth-order valence-corrected chi connectivity index (χ4v) is 6.17.